The molecule has 0 unspecified atom stereocenters. The van der Waals surface area contributed by atoms with Crippen LogP contribution in [0.3, 0.4) is 0 Å². The van der Waals surface area contributed by atoms with Crippen LogP contribution in [0.25, 0.3) is 16.3 Å². The molecule has 1 saturated carbocycles. The van der Waals surface area contributed by atoms with Crippen LogP contribution in [0.15, 0.2) is 54.0 Å². The van der Waals surface area contributed by atoms with Crippen molar-refractivity contribution in [2.24, 2.45) is 5.92 Å². The lowest BCUT2D eigenvalue weighted by Crippen LogP contribution is -2.47. The van der Waals surface area contributed by atoms with Crippen LogP contribution < -0.4 is 5.32 Å². The summed E-state index contributed by atoms with van der Waals surface area (Å²) in [5.41, 5.74) is 2.20. The molecule has 5 rings (SSSR count). The second kappa shape index (κ2) is 8.07. The Labute approximate surface area is 179 Å². The zero-order chi connectivity index (χ0) is 20.5. The molecular formula is C23H24N4O2S. The van der Waals surface area contributed by atoms with Gasteiger partial charge in [0, 0.05) is 31.2 Å². The maximum atomic E-state index is 13.2. The number of piperidine rings is 1. The number of nitrogens with one attached hydrogen (secondary N) is 1. The van der Waals surface area contributed by atoms with Gasteiger partial charge in [0.25, 0.3) is 5.91 Å². The number of amides is 2. The third-order valence-corrected chi connectivity index (χ3v) is 6.68. The number of likely N-dealkylation sites (tertiary alicyclic amines) is 1. The van der Waals surface area contributed by atoms with E-state index >= 15 is 0 Å². The molecule has 2 aromatic heterocycles. The predicted molar refractivity (Wildman–Crippen MR) is 117 cm³/mol. The number of benzene rings is 1. The number of carbonyl (C=O) groups excluding carboxylic acids is 2. The summed E-state index contributed by atoms with van der Waals surface area (Å²) in [5.74, 6) is 0.449. The van der Waals surface area contributed by atoms with Gasteiger partial charge in [-0.2, -0.15) is 5.10 Å². The van der Waals surface area contributed by atoms with Crippen molar-refractivity contribution < 1.29 is 9.59 Å². The van der Waals surface area contributed by atoms with Crippen molar-refractivity contribution in [3.05, 3.63) is 59.6 Å². The van der Waals surface area contributed by atoms with Crippen molar-refractivity contribution in [3.63, 3.8) is 0 Å². The first-order chi connectivity index (χ1) is 14.7. The molecule has 7 heteroatoms. The van der Waals surface area contributed by atoms with Gasteiger partial charge in [-0.3, -0.25) is 9.59 Å². The largest absolute Gasteiger partial charge is 0.349 e. The van der Waals surface area contributed by atoms with Crippen molar-refractivity contribution in [1.29, 1.82) is 0 Å². The van der Waals surface area contributed by atoms with E-state index in [0.29, 0.717) is 17.2 Å². The molecule has 0 bridgehead atoms. The van der Waals surface area contributed by atoms with E-state index in [9.17, 15) is 9.59 Å². The molecule has 0 radical (unpaired) electrons. The van der Waals surface area contributed by atoms with Gasteiger partial charge in [0.15, 0.2) is 0 Å². The summed E-state index contributed by atoms with van der Waals surface area (Å²) in [4.78, 5) is 28.4. The molecular weight excluding hydrogens is 396 g/mol. The molecule has 3 heterocycles. The maximum absolute atomic E-state index is 13.2. The van der Waals surface area contributed by atoms with Crippen molar-refractivity contribution in [3.8, 4) is 16.3 Å². The lowest BCUT2D eigenvalue weighted by Gasteiger charge is -2.32. The Morgan fingerprint density at radius 3 is 2.43 bits per heavy atom. The van der Waals surface area contributed by atoms with Gasteiger partial charge in [-0.15, -0.1) is 11.3 Å². The highest BCUT2D eigenvalue weighted by atomic mass is 32.1. The van der Waals surface area contributed by atoms with Crippen LogP contribution in [0, 0.1) is 5.92 Å². The molecule has 2 amide bonds. The van der Waals surface area contributed by atoms with Gasteiger partial charge in [0.1, 0.15) is 5.69 Å². The molecule has 1 N–H and O–H groups in total. The number of hydrogen-bond acceptors (Lipinski definition) is 4. The number of para-hydroxylation sites is 1. The Morgan fingerprint density at radius 2 is 1.77 bits per heavy atom. The smallest absolute Gasteiger partial charge is 0.255 e. The van der Waals surface area contributed by atoms with Crippen molar-refractivity contribution in [2.75, 3.05) is 13.1 Å². The van der Waals surface area contributed by atoms with Gasteiger partial charge in [-0.25, -0.2) is 4.68 Å². The fraction of sp³-hybridized carbons (Fsp3) is 0.348. The highest BCUT2D eigenvalue weighted by Gasteiger charge is 2.35. The van der Waals surface area contributed by atoms with E-state index in [0.717, 1.165) is 49.3 Å². The monoisotopic (exact) mass is 420 g/mol. The van der Waals surface area contributed by atoms with Crippen LogP contribution in [-0.4, -0.2) is 45.6 Å². The van der Waals surface area contributed by atoms with Crippen LogP contribution in [0.5, 0.6) is 0 Å². The van der Waals surface area contributed by atoms with Crippen LogP contribution >= 0.6 is 11.3 Å². The molecule has 154 valence electrons. The first-order valence-corrected chi connectivity index (χ1v) is 11.4. The highest BCUT2D eigenvalue weighted by molar-refractivity contribution is 7.13. The van der Waals surface area contributed by atoms with Gasteiger partial charge in [-0.1, -0.05) is 24.3 Å². The first-order valence-electron chi connectivity index (χ1n) is 10.5. The zero-order valence-corrected chi connectivity index (χ0v) is 17.5. The summed E-state index contributed by atoms with van der Waals surface area (Å²) in [6.45, 7) is 1.45. The standard InChI is InChI=1S/C23H24N4O2S/c28-22(24-17-10-12-26(13-11-17)23(29)16-8-9-16)19-15-27(18-5-2-1-3-6-18)25-21(19)20-7-4-14-30-20/h1-7,14-17H,8-13H2,(H,24,28). The maximum Gasteiger partial charge on any atom is 0.255 e. The highest BCUT2D eigenvalue weighted by Crippen LogP contribution is 2.32. The van der Waals surface area contributed by atoms with Gasteiger partial charge >= 0.3 is 0 Å². The first kappa shape index (κ1) is 19.1. The third kappa shape index (κ3) is 3.89. The Hall–Kier alpha value is -2.93. The van der Waals surface area contributed by atoms with Crippen LogP contribution in [0.2, 0.25) is 0 Å². The van der Waals surface area contributed by atoms with E-state index in [4.69, 9.17) is 5.10 Å². The molecule has 3 aromatic rings. The lowest BCUT2D eigenvalue weighted by atomic mass is 10.0. The Morgan fingerprint density at radius 1 is 1.00 bits per heavy atom. The quantitative estimate of drug-likeness (QED) is 0.684. The second-order valence-electron chi connectivity index (χ2n) is 8.00. The third-order valence-electron chi connectivity index (χ3n) is 5.80. The molecule has 1 aliphatic heterocycles. The fourth-order valence-corrected chi connectivity index (χ4v) is 4.67. The molecule has 6 nitrogen and oxygen atoms in total. The van der Waals surface area contributed by atoms with E-state index in [1.165, 1.54) is 0 Å². The Kier molecular flexibility index (Phi) is 5.12. The minimum atomic E-state index is -0.104. The molecule has 2 fully saturated rings. The van der Waals surface area contributed by atoms with Crippen molar-refractivity contribution >= 4 is 23.2 Å². The average molecular weight is 421 g/mol. The van der Waals surface area contributed by atoms with Crippen LogP contribution in [0.1, 0.15) is 36.0 Å². The number of hydrogen-bond donors (Lipinski definition) is 1. The van der Waals surface area contributed by atoms with E-state index in [1.807, 2.05) is 58.9 Å². The Bertz CT molecular complexity index is 1030. The zero-order valence-electron chi connectivity index (χ0n) is 16.7. The van der Waals surface area contributed by atoms with E-state index in [1.54, 1.807) is 16.0 Å². The summed E-state index contributed by atoms with van der Waals surface area (Å²) in [6, 6.07) is 13.9. The molecule has 1 saturated heterocycles. The lowest BCUT2D eigenvalue weighted by molar-refractivity contribution is -0.133. The molecule has 0 spiro atoms. The SMILES string of the molecule is O=C(NC1CCN(C(=O)C2CC2)CC1)c1cn(-c2ccccc2)nc1-c1cccs1. The summed E-state index contributed by atoms with van der Waals surface area (Å²) in [7, 11) is 0. The minimum Gasteiger partial charge on any atom is -0.349 e. The number of rotatable bonds is 5. The molecule has 2 aliphatic rings. The van der Waals surface area contributed by atoms with E-state index in [2.05, 4.69) is 5.32 Å². The van der Waals surface area contributed by atoms with Crippen molar-refractivity contribution in [1.82, 2.24) is 20.0 Å². The van der Waals surface area contributed by atoms with E-state index in [-0.39, 0.29) is 17.9 Å². The van der Waals surface area contributed by atoms with Gasteiger partial charge in [0.2, 0.25) is 5.91 Å². The summed E-state index contributed by atoms with van der Waals surface area (Å²) < 4.78 is 1.76. The van der Waals surface area contributed by atoms with Gasteiger partial charge in [-0.05, 0) is 49.3 Å². The fourth-order valence-electron chi connectivity index (χ4n) is 3.94. The molecule has 0 atom stereocenters. The summed E-state index contributed by atoms with van der Waals surface area (Å²) in [5, 5.41) is 9.88. The summed E-state index contributed by atoms with van der Waals surface area (Å²) >= 11 is 1.57. The topological polar surface area (TPSA) is 67.2 Å². The number of thiophene rings is 1. The molecule has 1 aliphatic carbocycles. The Balaban J connectivity index is 1.32. The van der Waals surface area contributed by atoms with Crippen LogP contribution in [0.4, 0.5) is 0 Å². The van der Waals surface area contributed by atoms with Crippen LogP contribution in [-0.2, 0) is 4.79 Å². The van der Waals surface area contributed by atoms with Gasteiger partial charge < -0.3 is 10.2 Å². The molecule has 1 aromatic carbocycles. The normalized spacial score (nSPS) is 17.1. The second-order valence-corrected chi connectivity index (χ2v) is 8.94. The number of carbonyl (C=O) groups is 2. The predicted octanol–water partition coefficient (Wildman–Crippen LogP) is 3.73. The number of aromatic nitrogens is 2. The summed E-state index contributed by atoms with van der Waals surface area (Å²) in [6.07, 6.45) is 5.47. The average Bonchev–Trinajstić information content (AvgIpc) is 3.30. The van der Waals surface area contributed by atoms with Crippen molar-refractivity contribution in [2.45, 2.75) is 31.7 Å². The van der Waals surface area contributed by atoms with E-state index < -0.39 is 0 Å². The molecule has 30 heavy (non-hydrogen) atoms. The number of nitrogens with zero attached hydrogens (tertiary/aromatic N) is 3. The minimum absolute atomic E-state index is 0.0806. The van der Waals surface area contributed by atoms with Gasteiger partial charge in [0.05, 0.1) is 16.1 Å².